The highest BCUT2D eigenvalue weighted by Gasteiger charge is 2.26. The fraction of sp³-hybridized carbons (Fsp3) is 0.462. The van der Waals surface area contributed by atoms with Crippen LogP contribution in [0.25, 0.3) is 0 Å². The van der Waals surface area contributed by atoms with Gasteiger partial charge in [-0.1, -0.05) is 30.3 Å². The van der Waals surface area contributed by atoms with E-state index in [1.54, 1.807) is 0 Å². The average Bonchev–Trinajstić information content (AvgIpc) is 2.37. The smallest absolute Gasteiger partial charge is 0.356 e. The molecule has 0 bridgehead atoms. The lowest BCUT2D eigenvalue weighted by Gasteiger charge is -2.18. The van der Waals surface area contributed by atoms with Gasteiger partial charge in [0.05, 0.1) is 12.5 Å². The number of nitrogens with one attached hydrogen (secondary N) is 2. The Morgan fingerprint density at radius 2 is 1.89 bits per heavy atom. The summed E-state index contributed by atoms with van der Waals surface area (Å²) >= 11 is 0. The van der Waals surface area contributed by atoms with Crippen molar-refractivity contribution >= 4 is 5.96 Å². The van der Waals surface area contributed by atoms with Gasteiger partial charge in [-0.3, -0.25) is 4.99 Å². The van der Waals surface area contributed by atoms with Gasteiger partial charge >= 0.3 is 6.18 Å². The molecule has 0 saturated carbocycles. The zero-order chi connectivity index (χ0) is 14.3. The fourth-order valence-corrected chi connectivity index (χ4v) is 1.55. The number of halogens is 3. The van der Waals surface area contributed by atoms with Crippen LogP contribution >= 0.6 is 0 Å². The van der Waals surface area contributed by atoms with Crippen LogP contribution in [0.2, 0.25) is 0 Å². The Labute approximate surface area is 110 Å². The van der Waals surface area contributed by atoms with Crippen LogP contribution in [0.5, 0.6) is 0 Å². The third kappa shape index (κ3) is 6.13. The van der Waals surface area contributed by atoms with Crippen LogP contribution in [0.3, 0.4) is 0 Å². The summed E-state index contributed by atoms with van der Waals surface area (Å²) in [6.45, 7) is 1.73. The predicted molar refractivity (Wildman–Crippen MR) is 70.0 cm³/mol. The molecule has 1 aromatic carbocycles. The molecule has 1 aromatic rings. The molecule has 0 amide bonds. The van der Waals surface area contributed by atoms with Gasteiger partial charge in [0, 0.05) is 13.6 Å². The molecule has 1 unspecified atom stereocenters. The first-order valence-electron chi connectivity index (χ1n) is 6.01. The summed E-state index contributed by atoms with van der Waals surface area (Å²) in [4.78, 5) is 3.90. The van der Waals surface area contributed by atoms with Gasteiger partial charge in [-0.2, -0.15) is 13.2 Å². The Morgan fingerprint density at radius 3 is 2.42 bits per heavy atom. The van der Waals surface area contributed by atoms with E-state index in [9.17, 15) is 13.2 Å². The second-order valence-corrected chi connectivity index (χ2v) is 4.14. The third-order valence-corrected chi connectivity index (χ3v) is 2.58. The second-order valence-electron chi connectivity index (χ2n) is 4.14. The minimum Gasteiger partial charge on any atom is -0.356 e. The van der Waals surface area contributed by atoms with Gasteiger partial charge in [0.2, 0.25) is 0 Å². The first kappa shape index (κ1) is 15.3. The molecule has 3 nitrogen and oxygen atoms in total. The van der Waals surface area contributed by atoms with Crippen LogP contribution in [0.15, 0.2) is 35.3 Å². The van der Waals surface area contributed by atoms with Gasteiger partial charge in [-0.25, -0.2) is 0 Å². The molecule has 1 atom stereocenters. The van der Waals surface area contributed by atoms with E-state index in [4.69, 9.17) is 0 Å². The molecule has 106 valence electrons. The van der Waals surface area contributed by atoms with E-state index in [1.807, 2.05) is 37.3 Å². The van der Waals surface area contributed by atoms with Gasteiger partial charge in [0.15, 0.2) is 5.96 Å². The maximum atomic E-state index is 12.0. The summed E-state index contributed by atoms with van der Waals surface area (Å²) in [5.74, 6) is 0.362. The van der Waals surface area contributed by atoms with E-state index in [0.717, 1.165) is 5.56 Å². The van der Waals surface area contributed by atoms with Crippen LogP contribution in [-0.4, -0.2) is 25.7 Å². The number of alkyl halides is 3. The molecule has 1 rings (SSSR count). The number of hydrogen-bond acceptors (Lipinski definition) is 1. The van der Waals surface area contributed by atoms with Gasteiger partial charge in [0.25, 0.3) is 0 Å². The van der Waals surface area contributed by atoms with Crippen molar-refractivity contribution in [1.82, 2.24) is 10.6 Å². The molecule has 0 aliphatic carbocycles. The Kier molecular flexibility index (Phi) is 5.66. The Bertz CT molecular complexity index is 401. The van der Waals surface area contributed by atoms with E-state index in [2.05, 4.69) is 15.6 Å². The van der Waals surface area contributed by atoms with Crippen LogP contribution in [-0.2, 0) is 0 Å². The summed E-state index contributed by atoms with van der Waals surface area (Å²) in [5, 5.41) is 5.69. The van der Waals surface area contributed by atoms with Crippen molar-refractivity contribution < 1.29 is 13.2 Å². The van der Waals surface area contributed by atoms with Crippen LogP contribution in [0.4, 0.5) is 13.2 Å². The summed E-state index contributed by atoms with van der Waals surface area (Å²) in [7, 11) is 1.53. The maximum Gasteiger partial charge on any atom is 0.390 e. The average molecular weight is 273 g/mol. The third-order valence-electron chi connectivity index (χ3n) is 2.58. The Balaban J connectivity index is 2.45. The lowest BCUT2D eigenvalue weighted by molar-refractivity contribution is -0.132. The molecule has 19 heavy (non-hydrogen) atoms. The number of benzene rings is 1. The topological polar surface area (TPSA) is 36.4 Å². The quantitative estimate of drug-likeness (QED) is 0.653. The highest BCUT2D eigenvalue weighted by atomic mass is 19.4. The van der Waals surface area contributed by atoms with E-state index >= 15 is 0 Å². The predicted octanol–water partition coefficient (Wildman–Crippen LogP) is 2.87. The van der Waals surface area contributed by atoms with Gasteiger partial charge in [-0.05, 0) is 12.5 Å². The zero-order valence-electron chi connectivity index (χ0n) is 11.0. The van der Waals surface area contributed by atoms with Crippen molar-refractivity contribution in [3.8, 4) is 0 Å². The summed E-state index contributed by atoms with van der Waals surface area (Å²) < 4.78 is 36.1. The number of nitrogens with zero attached hydrogens (tertiary/aromatic N) is 1. The fourth-order valence-electron chi connectivity index (χ4n) is 1.55. The minimum atomic E-state index is -4.16. The van der Waals surface area contributed by atoms with Crippen LogP contribution in [0.1, 0.15) is 24.9 Å². The monoisotopic (exact) mass is 273 g/mol. The van der Waals surface area contributed by atoms with E-state index in [-0.39, 0.29) is 12.6 Å². The van der Waals surface area contributed by atoms with Crippen molar-refractivity contribution in [2.75, 3.05) is 13.6 Å². The van der Waals surface area contributed by atoms with Crippen LogP contribution in [0, 0.1) is 0 Å². The molecule has 0 aliphatic rings. The number of aliphatic imine (C=N–C) groups is 1. The highest BCUT2D eigenvalue weighted by Crippen LogP contribution is 2.18. The molecule has 0 saturated heterocycles. The van der Waals surface area contributed by atoms with Crippen molar-refractivity contribution in [3.05, 3.63) is 35.9 Å². The largest absolute Gasteiger partial charge is 0.390 e. The molecule has 0 spiro atoms. The van der Waals surface area contributed by atoms with Crippen molar-refractivity contribution in [2.45, 2.75) is 25.6 Å². The summed E-state index contributed by atoms with van der Waals surface area (Å²) in [6, 6.07) is 9.59. The van der Waals surface area contributed by atoms with Crippen molar-refractivity contribution in [3.63, 3.8) is 0 Å². The molecule has 0 aromatic heterocycles. The molecule has 0 fully saturated rings. The summed E-state index contributed by atoms with van der Waals surface area (Å²) in [5.41, 5.74) is 1.04. The zero-order valence-corrected chi connectivity index (χ0v) is 11.0. The molecular formula is C13H18F3N3. The lowest BCUT2D eigenvalue weighted by Crippen LogP contribution is -2.40. The molecule has 2 N–H and O–H groups in total. The van der Waals surface area contributed by atoms with Gasteiger partial charge < -0.3 is 10.6 Å². The number of rotatable bonds is 4. The van der Waals surface area contributed by atoms with E-state index in [0.29, 0.717) is 5.96 Å². The lowest BCUT2D eigenvalue weighted by atomic mass is 10.1. The molecule has 0 radical (unpaired) electrons. The number of hydrogen-bond donors (Lipinski definition) is 2. The SMILES string of the molecule is CN=C(NCCC(F)(F)F)NC(C)c1ccccc1. The molecule has 0 aliphatic heterocycles. The second kappa shape index (κ2) is 7.01. The van der Waals surface area contributed by atoms with Crippen molar-refractivity contribution in [2.24, 2.45) is 4.99 Å². The Morgan fingerprint density at radius 1 is 1.26 bits per heavy atom. The molecular weight excluding hydrogens is 255 g/mol. The minimum absolute atomic E-state index is 0.0294. The maximum absolute atomic E-state index is 12.0. The first-order valence-corrected chi connectivity index (χ1v) is 6.01. The highest BCUT2D eigenvalue weighted by molar-refractivity contribution is 5.80. The van der Waals surface area contributed by atoms with E-state index in [1.165, 1.54) is 7.05 Å². The summed E-state index contributed by atoms with van der Waals surface area (Å²) in [6.07, 6.45) is -5.04. The normalized spacial score (nSPS) is 14.1. The molecule has 6 heteroatoms. The van der Waals surface area contributed by atoms with Crippen LogP contribution < -0.4 is 10.6 Å². The molecule has 0 heterocycles. The standard InChI is InChI=1S/C13H18F3N3/c1-10(11-6-4-3-5-7-11)19-12(17-2)18-9-8-13(14,15)16/h3-7,10H,8-9H2,1-2H3,(H2,17,18,19). The Hall–Kier alpha value is -1.72. The first-order chi connectivity index (χ1) is 8.92. The number of guanidine groups is 1. The van der Waals surface area contributed by atoms with Gasteiger partial charge in [0.1, 0.15) is 0 Å². The van der Waals surface area contributed by atoms with Gasteiger partial charge in [-0.15, -0.1) is 0 Å². The van der Waals surface area contributed by atoms with E-state index < -0.39 is 12.6 Å². The van der Waals surface area contributed by atoms with Crippen molar-refractivity contribution in [1.29, 1.82) is 0 Å².